The number of para-hydroxylation sites is 2. The summed E-state index contributed by atoms with van der Waals surface area (Å²) in [6.07, 6.45) is 1.63. The van der Waals surface area contributed by atoms with Gasteiger partial charge in [0.1, 0.15) is 12.4 Å². The molecular formula is C24H18FN3O3. The molecule has 4 aromatic rings. The van der Waals surface area contributed by atoms with Crippen LogP contribution in [-0.2, 0) is 24.2 Å². The Kier molecular flexibility index (Phi) is 4.71. The molecule has 1 aliphatic heterocycles. The second-order valence-electron chi connectivity index (χ2n) is 7.32. The SMILES string of the molecule is O=C(Cn1nc(-c2ccc(F)cc2)oc1=O)N1c2ccccc2CCc2ccccc21. The van der Waals surface area contributed by atoms with Gasteiger partial charge in [0, 0.05) is 5.56 Å². The molecule has 154 valence electrons. The zero-order valence-corrected chi connectivity index (χ0v) is 16.5. The second-order valence-corrected chi connectivity index (χ2v) is 7.32. The molecule has 0 N–H and O–H groups in total. The van der Waals surface area contributed by atoms with Crippen LogP contribution in [0.15, 0.2) is 82.0 Å². The summed E-state index contributed by atoms with van der Waals surface area (Å²) in [5, 5.41) is 4.15. The highest BCUT2D eigenvalue weighted by atomic mass is 19.1. The number of halogens is 1. The highest BCUT2D eigenvalue weighted by Gasteiger charge is 2.26. The summed E-state index contributed by atoms with van der Waals surface area (Å²) in [6, 6.07) is 21.0. The Bertz CT molecular complexity index is 1280. The van der Waals surface area contributed by atoms with Gasteiger partial charge in [-0.2, -0.15) is 4.68 Å². The van der Waals surface area contributed by atoms with E-state index in [1.807, 2.05) is 48.5 Å². The molecule has 0 saturated heterocycles. The minimum Gasteiger partial charge on any atom is -0.388 e. The van der Waals surface area contributed by atoms with Gasteiger partial charge in [-0.15, -0.1) is 5.10 Å². The van der Waals surface area contributed by atoms with Crippen LogP contribution in [0.4, 0.5) is 15.8 Å². The van der Waals surface area contributed by atoms with Crippen molar-refractivity contribution in [3.05, 3.63) is 100 Å². The van der Waals surface area contributed by atoms with Crippen molar-refractivity contribution in [3.8, 4) is 11.5 Å². The standard InChI is InChI=1S/C24H18FN3O3/c25-19-13-11-18(12-14-19)23-26-27(24(30)31-23)15-22(29)28-20-7-3-1-5-16(20)9-10-17-6-2-4-8-21(17)28/h1-8,11-14H,9-10,15H2. The summed E-state index contributed by atoms with van der Waals surface area (Å²) in [7, 11) is 0. The predicted octanol–water partition coefficient (Wildman–Crippen LogP) is 4.11. The Hall–Kier alpha value is -4.00. The third kappa shape index (κ3) is 3.54. The van der Waals surface area contributed by atoms with Crippen LogP contribution >= 0.6 is 0 Å². The summed E-state index contributed by atoms with van der Waals surface area (Å²) in [4.78, 5) is 27.4. The van der Waals surface area contributed by atoms with Crippen molar-refractivity contribution in [3.63, 3.8) is 0 Å². The average molecular weight is 415 g/mol. The fourth-order valence-corrected chi connectivity index (χ4v) is 3.86. The van der Waals surface area contributed by atoms with E-state index in [4.69, 9.17) is 4.42 Å². The van der Waals surface area contributed by atoms with Gasteiger partial charge in [-0.05, 0) is 60.4 Å². The van der Waals surface area contributed by atoms with E-state index in [0.717, 1.165) is 40.0 Å². The van der Waals surface area contributed by atoms with Crippen LogP contribution in [0, 0.1) is 5.82 Å². The minimum absolute atomic E-state index is 0.0365. The van der Waals surface area contributed by atoms with E-state index in [0.29, 0.717) is 5.56 Å². The Morgan fingerprint density at radius 1 is 0.903 bits per heavy atom. The summed E-state index contributed by atoms with van der Waals surface area (Å²) >= 11 is 0. The molecule has 31 heavy (non-hydrogen) atoms. The number of hydrogen-bond acceptors (Lipinski definition) is 4. The predicted molar refractivity (Wildman–Crippen MR) is 114 cm³/mol. The molecule has 2 heterocycles. The van der Waals surface area contributed by atoms with E-state index in [1.54, 1.807) is 4.90 Å². The molecule has 0 saturated carbocycles. The molecule has 7 heteroatoms. The summed E-state index contributed by atoms with van der Waals surface area (Å²) in [5.74, 6) is -1.42. The smallest absolute Gasteiger partial charge is 0.388 e. The topological polar surface area (TPSA) is 68.3 Å². The maximum absolute atomic E-state index is 13.4. The molecule has 6 nitrogen and oxygen atoms in total. The number of benzene rings is 3. The van der Waals surface area contributed by atoms with Gasteiger partial charge in [0.2, 0.25) is 5.89 Å². The lowest BCUT2D eigenvalue weighted by atomic mass is 10.0. The Morgan fingerprint density at radius 2 is 1.48 bits per heavy atom. The number of aryl methyl sites for hydroxylation is 2. The van der Waals surface area contributed by atoms with Crippen LogP contribution in [-0.4, -0.2) is 15.7 Å². The number of carbonyl (C=O) groups excluding carboxylic acids is 1. The lowest BCUT2D eigenvalue weighted by molar-refractivity contribution is -0.118. The maximum Gasteiger partial charge on any atom is 0.437 e. The van der Waals surface area contributed by atoms with E-state index in [1.165, 1.54) is 24.3 Å². The van der Waals surface area contributed by atoms with E-state index >= 15 is 0 Å². The van der Waals surface area contributed by atoms with Crippen LogP contribution in [0.5, 0.6) is 0 Å². The number of hydrogen-bond donors (Lipinski definition) is 0. The summed E-state index contributed by atoms with van der Waals surface area (Å²) in [6.45, 7) is -0.286. The molecule has 1 aliphatic rings. The van der Waals surface area contributed by atoms with Gasteiger partial charge in [-0.1, -0.05) is 36.4 Å². The van der Waals surface area contributed by atoms with Crippen molar-refractivity contribution in [2.24, 2.45) is 0 Å². The van der Waals surface area contributed by atoms with E-state index in [-0.39, 0.29) is 18.3 Å². The van der Waals surface area contributed by atoms with Gasteiger partial charge >= 0.3 is 5.76 Å². The Morgan fingerprint density at radius 3 is 2.10 bits per heavy atom. The second kappa shape index (κ2) is 7.68. The number of carbonyl (C=O) groups is 1. The first-order valence-electron chi connectivity index (χ1n) is 9.93. The van der Waals surface area contributed by atoms with Crippen molar-refractivity contribution in [1.82, 2.24) is 9.78 Å². The molecule has 0 fully saturated rings. The van der Waals surface area contributed by atoms with Crippen LogP contribution in [0.1, 0.15) is 11.1 Å². The molecule has 0 atom stereocenters. The van der Waals surface area contributed by atoms with Crippen molar-refractivity contribution in [2.45, 2.75) is 19.4 Å². The number of nitrogens with zero attached hydrogens (tertiary/aromatic N) is 3. The highest BCUT2D eigenvalue weighted by molar-refractivity contribution is 6.02. The molecule has 5 rings (SSSR count). The number of fused-ring (bicyclic) bond motifs is 2. The van der Waals surface area contributed by atoms with Crippen molar-refractivity contribution in [1.29, 1.82) is 0 Å². The Labute approximate surface area is 177 Å². The number of aromatic nitrogens is 2. The number of anilines is 2. The van der Waals surface area contributed by atoms with Crippen molar-refractivity contribution >= 4 is 17.3 Å². The first kappa shape index (κ1) is 19.0. The van der Waals surface area contributed by atoms with Gasteiger partial charge in [-0.3, -0.25) is 9.69 Å². The van der Waals surface area contributed by atoms with Gasteiger partial charge < -0.3 is 4.42 Å². The van der Waals surface area contributed by atoms with Gasteiger partial charge in [0.25, 0.3) is 5.91 Å². The van der Waals surface area contributed by atoms with Gasteiger partial charge in [0.15, 0.2) is 0 Å². The zero-order chi connectivity index (χ0) is 21.4. The van der Waals surface area contributed by atoms with Crippen LogP contribution in [0.3, 0.4) is 0 Å². The molecule has 0 aliphatic carbocycles. The van der Waals surface area contributed by atoms with Crippen molar-refractivity contribution in [2.75, 3.05) is 4.90 Å². The molecule has 1 aromatic heterocycles. The highest BCUT2D eigenvalue weighted by Crippen LogP contribution is 2.36. The molecule has 3 aromatic carbocycles. The van der Waals surface area contributed by atoms with E-state index in [9.17, 15) is 14.0 Å². The first-order valence-corrected chi connectivity index (χ1v) is 9.93. The number of rotatable bonds is 3. The molecular weight excluding hydrogens is 397 g/mol. The molecule has 1 amide bonds. The first-order chi connectivity index (χ1) is 15.1. The summed E-state index contributed by atoms with van der Waals surface area (Å²) < 4.78 is 19.4. The molecule has 0 unspecified atom stereocenters. The van der Waals surface area contributed by atoms with Gasteiger partial charge in [-0.25, -0.2) is 9.18 Å². The lowest BCUT2D eigenvalue weighted by Gasteiger charge is -2.24. The van der Waals surface area contributed by atoms with Crippen LogP contribution in [0.2, 0.25) is 0 Å². The van der Waals surface area contributed by atoms with Gasteiger partial charge in [0.05, 0.1) is 11.4 Å². The van der Waals surface area contributed by atoms with E-state index < -0.39 is 11.6 Å². The third-order valence-corrected chi connectivity index (χ3v) is 5.36. The third-order valence-electron chi connectivity index (χ3n) is 5.36. The molecule has 0 bridgehead atoms. The lowest BCUT2D eigenvalue weighted by Crippen LogP contribution is -2.33. The quantitative estimate of drug-likeness (QED) is 0.505. The molecule has 0 radical (unpaired) electrons. The largest absolute Gasteiger partial charge is 0.437 e. The fraction of sp³-hybridized carbons (Fsp3) is 0.125. The van der Waals surface area contributed by atoms with Crippen LogP contribution < -0.4 is 10.7 Å². The minimum atomic E-state index is -0.746. The Balaban J connectivity index is 1.51. The fourth-order valence-electron chi connectivity index (χ4n) is 3.86. The monoisotopic (exact) mass is 415 g/mol. The normalized spacial score (nSPS) is 12.7. The molecule has 0 spiro atoms. The summed E-state index contributed by atoms with van der Waals surface area (Å²) in [5.41, 5.74) is 4.17. The average Bonchev–Trinajstić information content (AvgIpc) is 3.05. The van der Waals surface area contributed by atoms with Crippen molar-refractivity contribution < 1.29 is 13.6 Å². The van der Waals surface area contributed by atoms with Crippen LogP contribution in [0.25, 0.3) is 11.5 Å². The maximum atomic E-state index is 13.4. The van der Waals surface area contributed by atoms with E-state index in [2.05, 4.69) is 5.10 Å². The zero-order valence-electron chi connectivity index (χ0n) is 16.5. The number of amides is 1.